The summed E-state index contributed by atoms with van der Waals surface area (Å²) in [5.41, 5.74) is 11.2. The lowest BCUT2D eigenvalue weighted by atomic mass is 9.89. The first-order valence-corrected chi connectivity index (χ1v) is 7.05. The summed E-state index contributed by atoms with van der Waals surface area (Å²) in [6.07, 6.45) is 1.47. The van der Waals surface area contributed by atoms with Gasteiger partial charge in [0.1, 0.15) is 12.1 Å². The number of nitrogens with zero attached hydrogens (tertiary/aromatic N) is 3. The number of aromatic nitrogens is 3. The van der Waals surface area contributed by atoms with Crippen molar-refractivity contribution in [2.75, 3.05) is 5.73 Å². The Morgan fingerprint density at radius 1 is 1.05 bits per heavy atom. The predicted octanol–water partition coefficient (Wildman–Crippen LogP) is 3.71. The molecule has 0 aliphatic heterocycles. The van der Waals surface area contributed by atoms with Crippen molar-refractivity contribution >= 4 is 16.9 Å². The van der Waals surface area contributed by atoms with E-state index >= 15 is 0 Å². The second-order valence-electron chi connectivity index (χ2n) is 5.46. The molecule has 0 saturated heterocycles. The van der Waals surface area contributed by atoms with E-state index < -0.39 is 0 Å². The first kappa shape index (κ1) is 13.5. The summed E-state index contributed by atoms with van der Waals surface area (Å²) < 4.78 is 0. The minimum Gasteiger partial charge on any atom is -0.383 e. The standard InChI is InChI=1S/C17H18N4/c1-10(2)13-11(3)21-17-15(16(18)19-9-20-17)14(13)12-7-5-4-6-8-12/h4-10H,1-3H3,(H2,18,19,20,21). The zero-order chi connectivity index (χ0) is 15.0. The third-order valence-electron chi connectivity index (χ3n) is 3.68. The van der Waals surface area contributed by atoms with Crippen LogP contribution in [0.15, 0.2) is 36.7 Å². The van der Waals surface area contributed by atoms with Crippen LogP contribution in [0.2, 0.25) is 0 Å². The molecule has 0 fully saturated rings. The molecule has 2 heterocycles. The molecule has 0 aliphatic rings. The number of nitrogens with two attached hydrogens (primary N) is 1. The van der Waals surface area contributed by atoms with E-state index in [0.717, 1.165) is 22.2 Å². The second-order valence-corrected chi connectivity index (χ2v) is 5.46. The Balaban J connectivity index is 2.51. The Bertz CT molecular complexity index is 795. The monoisotopic (exact) mass is 278 g/mol. The highest BCUT2D eigenvalue weighted by molar-refractivity contribution is 6.01. The van der Waals surface area contributed by atoms with Gasteiger partial charge < -0.3 is 5.73 Å². The molecule has 3 aromatic rings. The molecule has 3 rings (SSSR count). The van der Waals surface area contributed by atoms with Crippen molar-refractivity contribution in [2.45, 2.75) is 26.7 Å². The van der Waals surface area contributed by atoms with E-state index in [2.05, 4.69) is 40.9 Å². The van der Waals surface area contributed by atoms with Gasteiger partial charge in [0.25, 0.3) is 0 Å². The smallest absolute Gasteiger partial charge is 0.165 e. The van der Waals surface area contributed by atoms with Crippen LogP contribution in [-0.2, 0) is 0 Å². The lowest BCUT2D eigenvalue weighted by Crippen LogP contribution is -2.04. The van der Waals surface area contributed by atoms with Crippen LogP contribution >= 0.6 is 0 Å². The number of rotatable bonds is 2. The fourth-order valence-corrected chi connectivity index (χ4v) is 2.86. The van der Waals surface area contributed by atoms with Crippen LogP contribution in [0.3, 0.4) is 0 Å². The molecule has 4 heteroatoms. The average Bonchev–Trinajstić information content (AvgIpc) is 2.46. The number of anilines is 1. The number of pyridine rings is 1. The molecule has 106 valence electrons. The molecule has 0 bridgehead atoms. The van der Waals surface area contributed by atoms with Gasteiger partial charge >= 0.3 is 0 Å². The molecule has 0 spiro atoms. The largest absolute Gasteiger partial charge is 0.383 e. The van der Waals surface area contributed by atoms with Gasteiger partial charge in [-0.2, -0.15) is 0 Å². The van der Waals surface area contributed by atoms with Crippen molar-refractivity contribution in [2.24, 2.45) is 0 Å². The molecule has 1 aromatic carbocycles. The quantitative estimate of drug-likeness (QED) is 0.776. The third-order valence-corrected chi connectivity index (χ3v) is 3.68. The van der Waals surface area contributed by atoms with Gasteiger partial charge in [0, 0.05) is 11.3 Å². The van der Waals surface area contributed by atoms with Crippen molar-refractivity contribution in [3.63, 3.8) is 0 Å². The molecule has 0 aliphatic carbocycles. The van der Waals surface area contributed by atoms with Crippen molar-refractivity contribution in [3.05, 3.63) is 47.9 Å². The Morgan fingerprint density at radius 2 is 1.76 bits per heavy atom. The predicted molar refractivity (Wildman–Crippen MR) is 86.0 cm³/mol. The van der Waals surface area contributed by atoms with E-state index in [1.165, 1.54) is 11.9 Å². The highest BCUT2D eigenvalue weighted by Crippen LogP contribution is 2.37. The van der Waals surface area contributed by atoms with Gasteiger partial charge in [0.2, 0.25) is 0 Å². The van der Waals surface area contributed by atoms with Crippen LogP contribution in [0.25, 0.3) is 22.2 Å². The molecular weight excluding hydrogens is 260 g/mol. The summed E-state index contributed by atoms with van der Waals surface area (Å²) in [5, 5.41) is 0.845. The maximum Gasteiger partial charge on any atom is 0.165 e. The summed E-state index contributed by atoms with van der Waals surface area (Å²) >= 11 is 0. The van der Waals surface area contributed by atoms with E-state index in [1.54, 1.807) is 0 Å². The SMILES string of the molecule is Cc1nc2ncnc(N)c2c(-c2ccccc2)c1C(C)C. The lowest BCUT2D eigenvalue weighted by Gasteiger charge is -2.18. The minimum atomic E-state index is 0.344. The van der Waals surface area contributed by atoms with E-state index in [0.29, 0.717) is 17.4 Å². The van der Waals surface area contributed by atoms with Gasteiger partial charge in [-0.15, -0.1) is 0 Å². The first-order chi connectivity index (χ1) is 10.1. The molecular formula is C17H18N4. The highest BCUT2D eigenvalue weighted by Gasteiger charge is 2.19. The highest BCUT2D eigenvalue weighted by atomic mass is 15.0. The van der Waals surface area contributed by atoms with Gasteiger partial charge in [0.15, 0.2) is 5.65 Å². The van der Waals surface area contributed by atoms with Crippen molar-refractivity contribution < 1.29 is 0 Å². The number of nitrogen functional groups attached to an aromatic ring is 1. The summed E-state index contributed by atoms with van der Waals surface area (Å²) in [6, 6.07) is 10.2. The molecule has 0 amide bonds. The van der Waals surface area contributed by atoms with E-state index in [1.807, 2.05) is 25.1 Å². The van der Waals surface area contributed by atoms with Gasteiger partial charge in [-0.05, 0) is 24.0 Å². The van der Waals surface area contributed by atoms with Crippen LogP contribution in [0.4, 0.5) is 5.82 Å². The number of hydrogen-bond acceptors (Lipinski definition) is 4. The number of aryl methyl sites for hydroxylation is 1. The molecule has 2 N–H and O–H groups in total. The number of hydrogen-bond donors (Lipinski definition) is 1. The fourth-order valence-electron chi connectivity index (χ4n) is 2.86. The van der Waals surface area contributed by atoms with E-state index in [9.17, 15) is 0 Å². The normalized spacial score (nSPS) is 11.2. The molecule has 0 atom stereocenters. The van der Waals surface area contributed by atoms with Gasteiger partial charge in [-0.25, -0.2) is 15.0 Å². The van der Waals surface area contributed by atoms with Gasteiger partial charge in [-0.1, -0.05) is 44.2 Å². The number of fused-ring (bicyclic) bond motifs is 1. The van der Waals surface area contributed by atoms with Gasteiger partial charge in [0.05, 0.1) is 5.39 Å². The van der Waals surface area contributed by atoms with Gasteiger partial charge in [-0.3, -0.25) is 0 Å². The maximum atomic E-state index is 6.12. The molecule has 2 aromatic heterocycles. The Kier molecular flexibility index (Phi) is 3.29. The molecule has 21 heavy (non-hydrogen) atoms. The van der Waals surface area contributed by atoms with Crippen LogP contribution in [0.1, 0.15) is 31.0 Å². The molecule has 0 saturated carbocycles. The Labute approximate surface area is 124 Å². The maximum absolute atomic E-state index is 6.12. The zero-order valence-corrected chi connectivity index (χ0v) is 12.5. The summed E-state index contributed by atoms with van der Waals surface area (Å²) in [7, 11) is 0. The number of benzene rings is 1. The van der Waals surface area contributed by atoms with E-state index in [-0.39, 0.29) is 0 Å². The van der Waals surface area contributed by atoms with Crippen LogP contribution in [0, 0.1) is 6.92 Å². The Hall–Kier alpha value is -2.49. The van der Waals surface area contributed by atoms with Crippen molar-refractivity contribution in [1.82, 2.24) is 15.0 Å². The minimum absolute atomic E-state index is 0.344. The average molecular weight is 278 g/mol. The zero-order valence-electron chi connectivity index (χ0n) is 12.5. The summed E-state index contributed by atoms with van der Waals surface area (Å²) in [4.78, 5) is 13.1. The molecule has 0 radical (unpaired) electrons. The van der Waals surface area contributed by atoms with Crippen molar-refractivity contribution in [1.29, 1.82) is 0 Å². The topological polar surface area (TPSA) is 64.7 Å². The third kappa shape index (κ3) is 2.23. The molecule has 4 nitrogen and oxygen atoms in total. The summed E-state index contributed by atoms with van der Waals surface area (Å²) in [6.45, 7) is 6.37. The molecule has 0 unspecified atom stereocenters. The van der Waals surface area contributed by atoms with Crippen LogP contribution in [-0.4, -0.2) is 15.0 Å². The van der Waals surface area contributed by atoms with Crippen LogP contribution in [0.5, 0.6) is 0 Å². The lowest BCUT2D eigenvalue weighted by molar-refractivity contribution is 0.849. The summed E-state index contributed by atoms with van der Waals surface area (Å²) in [5.74, 6) is 0.824. The van der Waals surface area contributed by atoms with Crippen molar-refractivity contribution in [3.8, 4) is 11.1 Å². The Morgan fingerprint density at radius 3 is 2.43 bits per heavy atom. The fraction of sp³-hybridized carbons (Fsp3) is 0.235. The second kappa shape index (κ2) is 5.13. The van der Waals surface area contributed by atoms with Crippen LogP contribution < -0.4 is 5.73 Å². The van der Waals surface area contributed by atoms with E-state index in [4.69, 9.17) is 5.73 Å². The first-order valence-electron chi connectivity index (χ1n) is 7.05.